The number of carbonyl (C=O) groups is 2. The molecule has 1 rings (SSSR count). The summed E-state index contributed by atoms with van der Waals surface area (Å²) in [4.78, 5) is 26.6. The minimum Gasteiger partial charge on any atom is -0.480 e. The van der Waals surface area contributed by atoms with E-state index in [2.05, 4.69) is 10.3 Å². The van der Waals surface area contributed by atoms with Crippen LogP contribution in [0.2, 0.25) is 5.15 Å². The summed E-state index contributed by atoms with van der Waals surface area (Å²) in [6.45, 7) is 3.79. The van der Waals surface area contributed by atoms with Crippen LogP contribution >= 0.6 is 11.6 Å². The smallest absolute Gasteiger partial charge is 0.326 e. The Labute approximate surface area is 110 Å². The summed E-state index contributed by atoms with van der Waals surface area (Å²) in [5, 5.41) is 11.8. The van der Waals surface area contributed by atoms with Gasteiger partial charge in [0.25, 0.3) is 5.91 Å². The van der Waals surface area contributed by atoms with Crippen LogP contribution in [0.1, 0.15) is 30.6 Å². The fourth-order valence-corrected chi connectivity index (χ4v) is 1.56. The van der Waals surface area contributed by atoms with E-state index in [4.69, 9.17) is 16.7 Å². The van der Waals surface area contributed by atoms with E-state index in [9.17, 15) is 9.59 Å². The first kappa shape index (κ1) is 14.4. The van der Waals surface area contributed by atoms with Gasteiger partial charge in [-0.05, 0) is 24.5 Å². The molecule has 0 aliphatic carbocycles. The standard InChI is InChI=1S/C12H15ClN2O3/c1-7(2)5-9(12(17)18)15-11(16)8-3-4-10(13)14-6-8/h3-4,6-7,9H,5H2,1-2H3,(H,15,16)(H,17,18)/t9-/m0/s1. The Balaban J connectivity index is 2.72. The normalized spacial score (nSPS) is 12.2. The molecular weight excluding hydrogens is 256 g/mol. The highest BCUT2D eigenvalue weighted by Crippen LogP contribution is 2.08. The Hall–Kier alpha value is -1.62. The maximum atomic E-state index is 11.8. The van der Waals surface area contributed by atoms with Crippen molar-refractivity contribution in [3.05, 3.63) is 29.0 Å². The van der Waals surface area contributed by atoms with E-state index in [0.29, 0.717) is 6.42 Å². The topological polar surface area (TPSA) is 79.3 Å². The van der Waals surface area contributed by atoms with Gasteiger partial charge in [-0.3, -0.25) is 4.79 Å². The molecular formula is C12H15ClN2O3. The molecule has 0 aromatic carbocycles. The molecule has 1 heterocycles. The van der Waals surface area contributed by atoms with Crippen LogP contribution in [0.3, 0.4) is 0 Å². The predicted molar refractivity (Wildman–Crippen MR) is 67.6 cm³/mol. The molecule has 1 amide bonds. The predicted octanol–water partition coefficient (Wildman–Crippen LogP) is 1.96. The average molecular weight is 271 g/mol. The monoisotopic (exact) mass is 270 g/mol. The summed E-state index contributed by atoms with van der Waals surface area (Å²) in [5.41, 5.74) is 0.286. The van der Waals surface area contributed by atoms with Crippen LogP contribution in [0, 0.1) is 5.92 Å². The second kappa shape index (κ2) is 6.35. The Morgan fingerprint density at radius 3 is 2.56 bits per heavy atom. The first-order valence-electron chi connectivity index (χ1n) is 5.55. The third-order valence-electron chi connectivity index (χ3n) is 2.30. The molecule has 1 aromatic rings. The van der Waals surface area contributed by atoms with Crippen molar-refractivity contribution in [2.75, 3.05) is 0 Å². The van der Waals surface area contributed by atoms with Gasteiger partial charge in [0, 0.05) is 6.20 Å². The lowest BCUT2D eigenvalue weighted by Gasteiger charge is -2.16. The number of carboxylic acids is 1. The molecule has 0 fully saturated rings. The molecule has 18 heavy (non-hydrogen) atoms. The van der Waals surface area contributed by atoms with Gasteiger partial charge in [-0.1, -0.05) is 25.4 Å². The van der Waals surface area contributed by atoms with Gasteiger partial charge in [0.2, 0.25) is 0 Å². The number of nitrogens with one attached hydrogen (secondary N) is 1. The lowest BCUT2D eigenvalue weighted by molar-refractivity contribution is -0.139. The number of carbonyl (C=O) groups excluding carboxylic acids is 1. The van der Waals surface area contributed by atoms with Crippen molar-refractivity contribution in [1.82, 2.24) is 10.3 Å². The summed E-state index contributed by atoms with van der Waals surface area (Å²) in [7, 11) is 0. The number of hydrogen-bond acceptors (Lipinski definition) is 3. The molecule has 0 bridgehead atoms. The highest BCUT2D eigenvalue weighted by Gasteiger charge is 2.21. The van der Waals surface area contributed by atoms with E-state index in [0.717, 1.165) is 0 Å². The Kier molecular flexibility index (Phi) is 5.09. The van der Waals surface area contributed by atoms with E-state index < -0.39 is 17.9 Å². The first-order valence-corrected chi connectivity index (χ1v) is 5.93. The SMILES string of the molecule is CC(C)C[C@H](NC(=O)c1ccc(Cl)nc1)C(=O)O. The van der Waals surface area contributed by atoms with E-state index in [-0.39, 0.29) is 16.6 Å². The maximum absolute atomic E-state index is 11.8. The van der Waals surface area contributed by atoms with Gasteiger partial charge in [0.1, 0.15) is 11.2 Å². The van der Waals surface area contributed by atoms with Crippen LogP contribution in [-0.4, -0.2) is 28.0 Å². The molecule has 0 saturated heterocycles. The van der Waals surface area contributed by atoms with Crippen LogP contribution in [0.4, 0.5) is 0 Å². The van der Waals surface area contributed by atoms with Crippen molar-refractivity contribution in [2.24, 2.45) is 5.92 Å². The van der Waals surface area contributed by atoms with E-state index in [1.807, 2.05) is 13.8 Å². The van der Waals surface area contributed by atoms with E-state index >= 15 is 0 Å². The molecule has 0 spiro atoms. The Morgan fingerprint density at radius 2 is 2.11 bits per heavy atom. The molecule has 0 aliphatic heterocycles. The molecule has 98 valence electrons. The summed E-state index contributed by atoms with van der Waals surface area (Å²) in [6.07, 6.45) is 1.69. The molecule has 2 N–H and O–H groups in total. The van der Waals surface area contributed by atoms with Crippen molar-refractivity contribution in [2.45, 2.75) is 26.3 Å². The number of rotatable bonds is 5. The number of pyridine rings is 1. The van der Waals surface area contributed by atoms with Crippen LogP contribution in [0.5, 0.6) is 0 Å². The van der Waals surface area contributed by atoms with Gasteiger partial charge in [0.15, 0.2) is 0 Å². The van der Waals surface area contributed by atoms with Crippen LogP contribution < -0.4 is 5.32 Å². The van der Waals surface area contributed by atoms with Gasteiger partial charge in [-0.25, -0.2) is 9.78 Å². The third kappa shape index (κ3) is 4.33. The minimum atomic E-state index is -1.04. The molecule has 6 heteroatoms. The second-order valence-electron chi connectivity index (χ2n) is 4.36. The van der Waals surface area contributed by atoms with E-state index in [1.165, 1.54) is 18.3 Å². The van der Waals surface area contributed by atoms with Gasteiger partial charge < -0.3 is 10.4 Å². The summed E-state index contributed by atoms with van der Waals surface area (Å²) < 4.78 is 0. The van der Waals surface area contributed by atoms with Gasteiger partial charge >= 0.3 is 5.97 Å². The molecule has 0 unspecified atom stereocenters. The first-order chi connectivity index (χ1) is 8.40. The summed E-state index contributed by atoms with van der Waals surface area (Å²) in [6, 6.07) is 2.08. The van der Waals surface area contributed by atoms with Gasteiger partial charge in [-0.2, -0.15) is 0 Å². The number of aliphatic carboxylic acids is 1. The van der Waals surface area contributed by atoms with Gasteiger partial charge in [0.05, 0.1) is 5.56 Å². The Bertz CT molecular complexity index is 431. The summed E-state index contributed by atoms with van der Waals surface area (Å²) >= 11 is 5.60. The van der Waals surface area contributed by atoms with Crippen LogP contribution in [-0.2, 0) is 4.79 Å². The fourth-order valence-electron chi connectivity index (χ4n) is 1.44. The number of hydrogen-bond donors (Lipinski definition) is 2. The largest absolute Gasteiger partial charge is 0.480 e. The highest BCUT2D eigenvalue weighted by atomic mass is 35.5. The summed E-state index contributed by atoms with van der Waals surface area (Å²) in [5.74, 6) is -1.33. The number of carboxylic acid groups (broad SMARTS) is 1. The van der Waals surface area contributed by atoms with Gasteiger partial charge in [-0.15, -0.1) is 0 Å². The van der Waals surface area contributed by atoms with Crippen LogP contribution in [0.25, 0.3) is 0 Å². The van der Waals surface area contributed by atoms with Crippen molar-refractivity contribution in [1.29, 1.82) is 0 Å². The molecule has 0 radical (unpaired) electrons. The molecule has 1 atom stereocenters. The number of nitrogens with zero attached hydrogens (tertiary/aromatic N) is 1. The lowest BCUT2D eigenvalue weighted by Crippen LogP contribution is -2.41. The van der Waals surface area contributed by atoms with Crippen molar-refractivity contribution < 1.29 is 14.7 Å². The van der Waals surface area contributed by atoms with Crippen molar-refractivity contribution >= 4 is 23.5 Å². The fraction of sp³-hybridized carbons (Fsp3) is 0.417. The third-order valence-corrected chi connectivity index (χ3v) is 2.52. The zero-order valence-corrected chi connectivity index (χ0v) is 10.9. The highest BCUT2D eigenvalue weighted by molar-refractivity contribution is 6.29. The zero-order chi connectivity index (χ0) is 13.7. The van der Waals surface area contributed by atoms with Crippen molar-refractivity contribution in [3.8, 4) is 0 Å². The quantitative estimate of drug-likeness (QED) is 0.802. The number of amides is 1. The lowest BCUT2D eigenvalue weighted by atomic mass is 10.0. The van der Waals surface area contributed by atoms with E-state index in [1.54, 1.807) is 0 Å². The molecule has 5 nitrogen and oxygen atoms in total. The number of halogens is 1. The Morgan fingerprint density at radius 1 is 1.44 bits per heavy atom. The minimum absolute atomic E-state index is 0.176. The van der Waals surface area contributed by atoms with Crippen molar-refractivity contribution in [3.63, 3.8) is 0 Å². The molecule has 1 aromatic heterocycles. The molecule has 0 aliphatic rings. The average Bonchev–Trinajstić information content (AvgIpc) is 2.28. The number of aromatic nitrogens is 1. The zero-order valence-electron chi connectivity index (χ0n) is 10.2. The molecule has 0 saturated carbocycles. The second-order valence-corrected chi connectivity index (χ2v) is 4.75. The maximum Gasteiger partial charge on any atom is 0.326 e. The van der Waals surface area contributed by atoms with Crippen LogP contribution in [0.15, 0.2) is 18.3 Å².